The number of aliphatic carboxylic acids is 1. The molecule has 0 aliphatic carbocycles. The fraction of sp³-hybridized carbons (Fsp3) is 0.273. The minimum atomic E-state index is -1.01. The molecule has 1 atom stereocenters. The first-order valence-corrected chi connectivity index (χ1v) is 4.88. The number of carboxylic acids is 1. The van der Waals surface area contributed by atoms with E-state index in [1.54, 1.807) is 6.92 Å². The molecule has 0 radical (unpaired) electrons. The number of primary amides is 1. The van der Waals surface area contributed by atoms with E-state index < -0.39 is 23.8 Å². The summed E-state index contributed by atoms with van der Waals surface area (Å²) in [5.41, 5.74) is 4.70. The van der Waals surface area contributed by atoms with Crippen LogP contribution >= 0.6 is 0 Å². The minimum absolute atomic E-state index is 0.154. The van der Waals surface area contributed by atoms with Crippen LogP contribution in [-0.4, -0.2) is 23.1 Å². The number of halogens is 1. The van der Waals surface area contributed by atoms with Crippen LogP contribution < -0.4 is 10.5 Å². The van der Waals surface area contributed by atoms with Crippen LogP contribution in [0.1, 0.15) is 23.7 Å². The Bertz CT molecular complexity index is 447. The van der Waals surface area contributed by atoms with Crippen molar-refractivity contribution in [1.29, 1.82) is 0 Å². The SMILES string of the molecule is C[C@@H](CC(=O)O)Oc1ccc(C(N)=O)c(F)c1. The molecule has 0 spiro atoms. The highest BCUT2D eigenvalue weighted by Gasteiger charge is 2.12. The van der Waals surface area contributed by atoms with Gasteiger partial charge < -0.3 is 15.6 Å². The van der Waals surface area contributed by atoms with Gasteiger partial charge in [0.05, 0.1) is 12.0 Å². The maximum atomic E-state index is 13.3. The van der Waals surface area contributed by atoms with Crippen molar-refractivity contribution in [3.05, 3.63) is 29.6 Å². The predicted octanol–water partition coefficient (Wildman–Crippen LogP) is 1.17. The van der Waals surface area contributed by atoms with Gasteiger partial charge in [0.1, 0.15) is 17.7 Å². The molecule has 0 aliphatic rings. The highest BCUT2D eigenvalue weighted by molar-refractivity contribution is 5.93. The Morgan fingerprint density at radius 2 is 2.18 bits per heavy atom. The average Bonchev–Trinajstić information content (AvgIpc) is 2.15. The van der Waals surface area contributed by atoms with E-state index in [-0.39, 0.29) is 17.7 Å². The van der Waals surface area contributed by atoms with Gasteiger partial charge in [0, 0.05) is 6.07 Å². The van der Waals surface area contributed by atoms with E-state index in [0.29, 0.717) is 0 Å². The zero-order valence-electron chi connectivity index (χ0n) is 9.14. The predicted molar refractivity (Wildman–Crippen MR) is 57.3 cm³/mol. The molecule has 17 heavy (non-hydrogen) atoms. The highest BCUT2D eigenvalue weighted by atomic mass is 19.1. The Morgan fingerprint density at radius 1 is 1.53 bits per heavy atom. The number of hydrogen-bond donors (Lipinski definition) is 2. The number of carbonyl (C=O) groups is 2. The van der Waals surface area contributed by atoms with Gasteiger partial charge in [-0.05, 0) is 19.1 Å². The zero-order chi connectivity index (χ0) is 13.0. The van der Waals surface area contributed by atoms with E-state index in [9.17, 15) is 14.0 Å². The van der Waals surface area contributed by atoms with Crippen molar-refractivity contribution in [2.45, 2.75) is 19.4 Å². The maximum absolute atomic E-state index is 13.3. The van der Waals surface area contributed by atoms with Crippen molar-refractivity contribution in [3.63, 3.8) is 0 Å². The first kappa shape index (κ1) is 13.0. The minimum Gasteiger partial charge on any atom is -0.490 e. The molecule has 3 N–H and O–H groups in total. The number of carboxylic acid groups (broad SMARTS) is 1. The molecule has 1 aromatic rings. The number of nitrogens with two attached hydrogens (primary N) is 1. The summed E-state index contributed by atoms with van der Waals surface area (Å²) in [5.74, 6) is -2.52. The van der Waals surface area contributed by atoms with Crippen LogP contribution in [-0.2, 0) is 4.79 Å². The number of amides is 1. The number of rotatable bonds is 5. The molecule has 0 aliphatic heterocycles. The summed E-state index contributed by atoms with van der Waals surface area (Å²) < 4.78 is 18.5. The third-order valence-corrected chi connectivity index (χ3v) is 2.01. The smallest absolute Gasteiger partial charge is 0.307 e. The van der Waals surface area contributed by atoms with Gasteiger partial charge in [-0.25, -0.2) is 4.39 Å². The molecule has 0 saturated carbocycles. The lowest BCUT2D eigenvalue weighted by atomic mass is 10.2. The van der Waals surface area contributed by atoms with Crippen LogP contribution in [0.3, 0.4) is 0 Å². The Hall–Kier alpha value is -2.11. The van der Waals surface area contributed by atoms with Crippen molar-refractivity contribution in [2.24, 2.45) is 5.73 Å². The van der Waals surface area contributed by atoms with Gasteiger partial charge in [-0.15, -0.1) is 0 Å². The van der Waals surface area contributed by atoms with Crippen LogP contribution in [0.2, 0.25) is 0 Å². The van der Waals surface area contributed by atoms with Gasteiger partial charge in [-0.3, -0.25) is 9.59 Å². The molecule has 1 amide bonds. The van der Waals surface area contributed by atoms with Crippen molar-refractivity contribution in [1.82, 2.24) is 0 Å². The van der Waals surface area contributed by atoms with Crippen LogP contribution in [0.4, 0.5) is 4.39 Å². The van der Waals surface area contributed by atoms with Crippen LogP contribution in [0.25, 0.3) is 0 Å². The Balaban J connectivity index is 2.77. The van der Waals surface area contributed by atoms with E-state index in [2.05, 4.69) is 0 Å². The topological polar surface area (TPSA) is 89.6 Å². The average molecular weight is 241 g/mol. The first-order chi connectivity index (χ1) is 7.90. The standard InChI is InChI=1S/C11H12FNO4/c1-6(4-10(14)15)17-7-2-3-8(11(13)16)9(12)5-7/h2-3,5-6H,4H2,1H3,(H2,13,16)(H,14,15)/t6-/m0/s1. The van der Waals surface area contributed by atoms with Crippen molar-refractivity contribution >= 4 is 11.9 Å². The quantitative estimate of drug-likeness (QED) is 0.809. The summed E-state index contributed by atoms with van der Waals surface area (Å²) in [6.07, 6.45) is -0.787. The van der Waals surface area contributed by atoms with Crippen molar-refractivity contribution < 1.29 is 23.8 Å². The summed E-state index contributed by atoms with van der Waals surface area (Å²) in [4.78, 5) is 21.2. The number of ether oxygens (including phenoxy) is 1. The molecule has 1 aromatic carbocycles. The summed E-state index contributed by atoms with van der Waals surface area (Å²) in [6.45, 7) is 1.55. The molecule has 0 aromatic heterocycles. The fourth-order valence-corrected chi connectivity index (χ4v) is 1.29. The lowest BCUT2D eigenvalue weighted by Gasteiger charge is -2.12. The second-order valence-corrected chi connectivity index (χ2v) is 3.53. The third-order valence-electron chi connectivity index (χ3n) is 2.01. The van der Waals surface area contributed by atoms with E-state index in [1.165, 1.54) is 12.1 Å². The fourth-order valence-electron chi connectivity index (χ4n) is 1.29. The molecule has 92 valence electrons. The lowest BCUT2D eigenvalue weighted by molar-refractivity contribution is -0.138. The molecular weight excluding hydrogens is 229 g/mol. The molecular formula is C11H12FNO4. The van der Waals surface area contributed by atoms with Crippen molar-refractivity contribution in [3.8, 4) is 5.75 Å². The van der Waals surface area contributed by atoms with Gasteiger partial charge in [0.2, 0.25) is 0 Å². The van der Waals surface area contributed by atoms with Gasteiger partial charge >= 0.3 is 5.97 Å². The van der Waals surface area contributed by atoms with E-state index in [1.807, 2.05) is 0 Å². The van der Waals surface area contributed by atoms with Crippen LogP contribution in [0.5, 0.6) is 5.75 Å². The summed E-state index contributed by atoms with van der Waals surface area (Å²) in [7, 11) is 0. The largest absolute Gasteiger partial charge is 0.490 e. The van der Waals surface area contributed by atoms with E-state index in [4.69, 9.17) is 15.6 Å². The van der Waals surface area contributed by atoms with E-state index >= 15 is 0 Å². The summed E-state index contributed by atoms with van der Waals surface area (Å²) in [6, 6.07) is 3.56. The van der Waals surface area contributed by atoms with E-state index in [0.717, 1.165) is 6.07 Å². The Morgan fingerprint density at radius 3 is 2.65 bits per heavy atom. The number of carbonyl (C=O) groups excluding carboxylic acids is 1. The second kappa shape index (κ2) is 5.29. The molecule has 1 rings (SSSR count). The Kier molecular flexibility index (Phi) is 4.03. The second-order valence-electron chi connectivity index (χ2n) is 3.53. The molecule has 0 fully saturated rings. The normalized spacial score (nSPS) is 11.9. The number of hydrogen-bond acceptors (Lipinski definition) is 3. The molecule has 0 unspecified atom stereocenters. The van der Waals surface area contributed by atoms with Crippen LogP contribution in [0, 0.1) is 5.82 Å². The van der Waals surface area contributed by atoms with Crippen molar-refractivity contribution in [2.75, 3.05) is 0 Å². The molecule has 5 nitrogen and oxygen atoms in total. The molecule has 0 saturated heterocycles. The van der Waals surface area contributed by atoms with Gasteiger partial charge in [-0.2, -0.15) is 0 Å². The lowest BCUT2D eigenvalue weighted by Crippen LogP contribution is -2.17. The zero-order valence-corrected chi connectivity index (χ0v) is 9.14. The van der Waals surface area contributed by atoms with Gasteiger partial charge in [-0.1, -0.05) is 0 Å². The summed E-state index contributed by atoms with van der Waals surface area (Å²) in [5, 5.41) is 8.52. The first-order valence-electron chi connectivity index (χ1n) is 4.88. The van der Waals surface area contributed by atoms with Gasteiger partial charge in [0.15, 0.2) is 0 Å². The highest BCUT2D eigenvalue weighted by Crippen LogP contribution is 2.18. The third kappa shape index (κ3) is 3.75. The van der Waals surface area contributed by atoms with Crippen LogP contribution in [0.15, 0.2) is 18.2 Å². The molecule has 6 heteroatoms. The Labute approximate surface area is 97.0 Å². The number of benzene rings is 1. The summed E-state index contributed by atoms with van der Waals surface area (Å²) >= 11 is 0. The maximum Gasteiger partial charge on any atom is 0.307 e. The monoisotopic (exact) mass is 241 g/mol. The van der Waals surface area contributed by atoms with Gasteiger partial charge in [0.25, 0.3) is 5.91 Å². The molecule has 0 bridgehead atoms. The molecule has 0 heterocycles.